The average molecular weight is 368 g/mol. The summed E-state index contributed by atoms with van der Waals surface area (Å²) in [4.78, 5) is 20.7. The topological polar surface area (TPSA) is 102 Å². The van der Waals surface area contributed by atoms with Gasteiger partial charge in [-0.2, -0.15) is 0 Å². The van der Waals surface area contributed by atoms with E-state index in [1.54, 1.807) is 6.07 Å². The first-order valence-electron chi connectivity index (χ1n) is 9.16. The molecule has 1 fully saturated rings. The Morgan fingerprint density at radius 3 is 2.89 bits per heavy atom. The van der Waals surface area contributed by atoms with E-state index in [1.807, 2.05) is 13.0 Å². The molecule has 2 aromatic rings. The van der Waals surface area contributed by atoms with Crippen molar-refractivity contribution < 1.29 is 24.3 Å². The van der Waals surface area contributed by atoms with E-state index in [1.165, 1.54) is 12.4 Å². The van der Waals surface area contributed by atoms with Crippen LogP contribution in [0, 0.1) is 12.8 Å². The summed E-state index contributed by atoms with van der Waals surface area (Å²) in [5.74, 6) is 0.719. The number of Topliss-reactive ketones (excluding diaryl/α,β-unsaturated/α-hetero) is 1. The minimum atomic E-state index is -0.944. The van der Waals surface area contributed by atoms with Gasteiger partial charge in [-0.3, -0.25) is 4.79 Å². The molecule has 8 heteroatoms. The Hall–Kier alpha value is -2.29. The van der Waals surface area contributed by atoms with E-state index in [9.17, 15) is 14.9 Å². The Morgan fingerprint density at radius 2 is 2.19 bits per heavy atom. The summed E-state index contributed by atoms with van der Waals surface area (Å²) >= 11 is 0. The van der Waals surface area contributed by atoms with Crippen molar-refractivity contribution in [1.29, 1.82) is 0 Å². The number of ether oxygens (including phenoxy) is 1. The predicted molar refractivity (Wildman–Crippen MR) is 98.0 cm³/mol. The summed E-state index contributed by atoms with van der Waals surface area (Å²) in [5.41, 5.74) is 2.72. The summed E-state index contributed by atoms with van der Waals surface area (Å²) in [6.45, 7) is 2.23. The Labute approximate surface area is 157 Å². The van der Waals surface area contributed by atoms with Gasteiger partial charge in [0.1, 0.15) is 11.4 Å². The zero-order chi connectivity index (χ0) is 19.0. The molecule has 2 unspecified atom stereocenters. The molecule has 7 nitrogen and oxygen atoms in total. The number of hydrogen-bond donors (Lipinski definition) is 2. The van der Waals surface area contributed by atoms with Crippen molar-refractivity contribution in [2.75, 3.05) is 0 Å². The number of fused-ring (bicyclic) bond motifs is 1. The Balaban J connectivity index is 1.45. The van der Waals surface area contributed by atoms with Crippen molar-refractivity contribution in [2.24, 2.45) is 5.92 Å². The predicted octanol–water partition coefficient (Wildman–Crippen LogP) is 1.53. The summed E-state index contributed by atoms with van der Waals surface area (Å²) in [6.07, 6.45) is 5.30. The minimum Gasteiger partial charge on any atom is -0.437 e. The lowest BCUT2D eigenvalue weighted by atomic mass is 9.76. The third kappa shape index (κ3) is 3.60. The highest BCUT2D eigenvalue weighted by atomic mass is 16.5. The van der Waals surface area contributed by atoms with E-state index in [0.29, 0.717) is 12.4 Å². The standard InChI is InChI=1S/C19H21BN2O5/c1-11-17(6-5-13-10-26-20(25)19(11)13)27-18-9-21-14(8-22-18)16(24)7-12-3-2-4-15(12)23/h5-6,8-9,12,15,23,25H,2-4,7,10H2,1H3. The van der Waals surface area contributed by atoms with Gasteiger partial charge in [0.15, 0.2) is 5.78 Å². The molecule has 140 valence electrons. The summed E-state index contributed by atoms with van der Waals surface area (Å²) in [6, 6.07) is 3.66. The summed E-state index contributed by atoms with van der Waals surface area (Å²) in [7, 11) is -0.944. The molecule has 2 N–H and O–H groups in total. The number of nitrogens with zero attached hydrogens (tertiary/aromatic N) is 2. The van der Waals surface area contributed by atoms with Gasteiger partial charge in [-0.25, -0.2) is 9.97 Å². The van der Waals surface area contributed by atoms with Crippen LogP contribution in [0.2, 0.25) is 0 Å². The van der Waals surface area contributed by atoms with Gasteiger partial charge in [0, 0.05) is 6.42 Å². The first-order chi connectivity index (χ1) is 13.0. The van der Waals surface area contributed by atoms with Crippen LogP contribution in [0.15, 0.2) is 24.5 Å². The van der Waals surface area contributed by atoms with Gasteiger partial charge in [-0.1, -0.05) is 12.5 Å². The minimum absolute atomic E-state index is 0.0120. The SMILES string of the molecule is Cc1c(Oc2cnc(C(=O)CC3CCCC3O)cn2)ccc2c1B(O)OC2. The number of carbonyl (C=O) groups excluding carboxylic acids is 1. The number of aliphatic hydroxyl groups excluding tert-OH is 1. The fraction of sp³-hybridized carbons (Fsp3) is 0.421. The second-order valence-corrected chi connectivity index (χ2v) is 7.15. The number of hydrogen-bond acceptors (Lipinski definition) is 7. The molecule has 0 bridgehead atoms. The molecular formula is C19H21BN2O5. The molecule has 2 aliphatic rings. The third-order valence-corrected chi connectivity index (χ3v) is 5.39. The zero-order valence-corrected chi connectivity index (χ0v) is 15.1. The van der Waals surface area contributed by atoms with Gasteiger partial charge < -0.3 is 19.5 Å². The van der Waals surface area contributed by atoms with Crippen LogP contribution in [-0.2, 0) is 11.3 Å². The first-order valence-corrected chi connectivity index (χ1v) is 9.16. The average Bonchev–Trinajstić information content (AvgIpc) is 3.24. The maximum absolute atomic E-state index is 12.3. The van der Waals surface area contributed by atoms with E-state index in [-0.39, 0.29) is 29.7 Å². The van der Waals surface area contributed by atoms with Crippen LogP contribution < -0.4 is 10.2 Å². The monoisotopic (exact) mass is 368 g/mol. The first kappa shape index (κ1) is 18.1. The molecule has 1 aliphatic carbocycles. The second-order valence-electron chi connectivity index (χ2n) is 7.15. The molecular weight excluding hydrogens is 347 g/mol. The highest BCUT2D eigenvalue weighted by molar-refractivity contribution is 6.62. The van der Waals surface area contributed by atoms with Crippen LogP contribution in [-0.4, -0.2) is 39.1 Å². The molecule has 1 aromatic heterocycles. The van der Waals surface area contributed by atoms with E-state index in [0.717, 1.165) is 35.9 Å². The van der Waals surface area contributed by atoms with Gasteiger partial charge in [-0.15, -0.1) is 0 Å². The third-order valence-electron chi connectivity index (χ3n) is 5.39. The number of benzene rings is 1. The summed E-state index contributed by atoms with van der Waals surface area (Å²) in [5, 5.41) is 19.8. The molecule has 0 spiro atoms. The number of ketones is 1. The lowest BCUT2D eigenvalue weighted by Gasteiger charge is -2.13. The lowest BCUT2D eigenvalue weighted by molar-refractivity contribution is 0.0863. The Morgan fingerprint density at radius 1 is 1.33 bits per heavy atom. The highest BCUT2D eigenvalue weighted by Crippen LogP contribution is 2.29. The van der Waals surface area contributed by atoms with Gasteiger partial charge in [0.25, 0.3) is 0 Å². The smallest absolute Gasteiger partial charge is 0.437 e. The lowest BCUT2D eigenvalue weighted by Crippen LogP contribution is -2.30. The number of carbonyl (C=O) groups is 1. The molecule has 0 radical (unpaired) electrons. The van der Waals surface area contributed by atoms with Crippen LogP contribution >= 0.6 is 0 Å². The number of aliphatic hydroxyl groups is 1. The van der Waals surface area contributed by atoms with Crippen LogP contribution in [0.4, 0.5) is 0 Å². The van der Waals surface area contributed by atoms with Crippen molar-refractivity contribution in [2.45, 2.75) is 45.3 Å². The molecule has 2 heterocycles. The van der Waals surface area contributed by atoms with Gasteiger partial charge >= 0.3 is 7.12 Å². The molecule has 1 aromatic carbocycles. The van der Waals surface area contributed by atoms with Gasteiger partial charge in [0.05, 0.1) is 25.1 Å². The maximum Gasteiger partial charge on any atom is 0.492 e. The van der Waals surface area contributed by atoms with Crippen LogP contribution in [0.25, 0.3) is 0 Å². The second kappa shape index (κ2) is 7.38. The van der Waals surface area contributed by atoms with Gasteiger partial charge in [-0.05, 0) is 48.3 Å². The van der Waals surface area contributed by atoms with Crippen LogP contribution in [0.1, 0.15) is 47.3 Å². The fourth-order valence-corrected chi connectivity index (χ4v) is 3.82. The molecule has 2 atom stereocenters. The van der Waals surface area contributed by atoms with E-state index in [4.69, 9.17) is 9.39 Å². The quantitative estimate of drug-likeness (QED) is 0.610. The molecule has 0 saturated heterocycles. The van der Waals surface area contributed by atoms with E-state index >= 15 is 0 Å². The van der Waals surface area contributed by atoms with Crippen LogP contribution in [0.5, 0.6) is 11.6 Å². The summed E-state index contributed by atoms with van der Waals surface area (Å²) < 4.78 is 11.0. The molecule has 4 rings (SSSR count). The maximum atomic E-state index is 12.3. The Kier molecular flexibility index (Phi) is 4.95. The van der Waals surface area contributed by atoms with Crippen molar-refractivity contribution in [3.63, 3.8) is 0 Å². The molecule has 1 aliphatic heterocycles. The van der Waals surface area contributed by atoms with Crippen LogP contribution in [0.3, 0.4) is 0 Å². The number of aromatic nitrogens is 2. The normalized spacial score (nSPS) is 21.4. The molecule has 27 heavy (non-hydrogen) atoms. The molecule has 0 amide bonds. The van der Waals surface area contributed by atoms with Crippen molar-refractivity contribution in [3.05, 3.63) is 41.3 Å². The van der Waals surface area contributed by atoms with Crippen molar-refractivity contribution in [3.8, 4) is 11.6 Å². The largest absolute Gasteiger partial charge is 0.492 e. The zero-order valence-electron chi connectivity index (χ0n) is 15.1. The van der Waals surface area contributed by atoms with Crippen molar-refractivity contribution in [1.82, 2.24) is 9.97 Å². The van der Waals surface area contributed by atoms with E-state index < -0.39 is 13.2 Å². The van der Waals surface area contributed by atoms with E-state index in [2.05, 4.69) is 9.97 Å². The van der Waals surface area contributed by atoms with Crippen molar-refractivity contribution >= 4 is 18.4 Å². The fourth-order valence-electron chi connectivity index (χ4n) is 3.82. The highest BCUT2D eigenvalue weighted by Gasteiger charge is 2.31. The molecule has 1 saturated carbocycles. The number of rotatable bonds is 5. The Bertz CT molecular complexity index is 858. The van der Waals surface area contributed by atoms with Gasteiger partial charge in [0.2, 0.25) is 5.88 Å².